The highest BCUT2D eigenvalue weighted by atomic mass is 16.1. The van der Waals surface area contributed by atoms with Crippen LogP contribution in [0.3, 0.4) is 0 Å². The Kier molecular flexibility index (Phi) is 2.95. The number of carbonyl (C=O) groups excluding carboxylic acids is 1. The number of benzene rings is 1. The van der Waals surface area contributed by atoms with Crippen molar-refractivity contribution in [3.05, 3.63) is 54.0 Å². The van der Waals surface area contributed by atoms with Crippen molar-refractivity contribution in [2.24, 2.45) is 7.05 Å². The molecule has 100 valence electrons. The van der Waals surface area contributed by atoms with E-state index in [1.54, 1.807) is 30.2 Å². The molecule has 2 aromatic heterocycles. The summed E-state index contributed by atoms with van der Waals surface area (Å²) in [6.45, 7) is 1.89. The molecule has 0 radical (unpaired) electrons. The molecule has 0 bridgehead atoms. The van der Waals surface area contributed by atoms with E-state index in [0.717, 1.165) is 16.5 Å². The number of carbonyl (C=O) groups is 1. The van der Waals surface area contributed by atoms with E-state index in [9.17, 15) is 4.79 Å². The van der Waals surface area contributed by atoms with Gasteiger partial charge in [0.1, 0.15) is 5.82 Å². The van der Waals surface area contributed by atoms with Gasteiger partial charge in [-0.3, -0.25) is 14.5 Å². The Morgan fingerprint density at radius 3 is 2.90 bits per heavy atom. The van der Waals surface area contributed by atoms with Gasteiger partial charge in [-0.05, 0) is 24.4 Å². The highest BCUT2D eigenvalue weighted by molar-refractivity contribution is 6.12. The van der Waals surface area contributed by atoms with Crippen LogP contribution in [0, 0.1) is 6.92 Å². The van der Waals surface area contributed by atoms with Crippen LogP contribution in [-0.2, 0) is 7.05 Å². The van der Waals surface area contributed by atoms with E-state index in [1.165, 1.54) is 0 Å². The number of rotatable bonds is 2. The molecule has 3 aromatic rings. The molecule has 0 spiro atoms. The largest absolute Gasteiger partial charge is 0.307 e. The second kappa shape index (κ2) is 4.77. The van der Waals surface area contributed by atoms with Crippen molar-refractivity contribution in [3.8, 4) is 0 Å². The number of hydrogen-bond donors (Lipinski definition) is 1. The minimum Gasteiger partial charge on any atom is -0.307 e. The SMILES string of the molecule is Cc1cc(NC(=O)c2cccc3cnccc23)n(C)n1. The lowest BCUT2D eigenvalue weighted by Gasteiger charge is -2.07. The Morgan fingerprint density at radius 2 is 2.15 bits per heavy atom. The lowest BCUT2D eigenvalue weighted by molar-refractivity contribution is 0.102. The van der Waals surface area contributed by atoms with Gasteiger partial charge < -0.3 is 5.32 Å². The quantitative estimate of drug-likeness (QED) is 0.775. The number of nitrogens with zero attached hydrogens (tertiary/aromatic N) is 3. The van der Waals surface area contributed by atoms with Gasteiger partial charge in [-0.25, -0.2) is 0 Å². The van der Waals surface area contributed by atoms with Crippen LogP contribution in [0.4, 0.5) is 5.82 Å². The standard InChI is InChI=1S/C15H14N4O/c1-10-8-14(19(2)18-10)17-15(20)13-5-3-4-11-9-16-7-6-12(11)13/h3-9H,1-2H3,(H,17,20). The normalized spacial score (nSPS) is 10.7. The van der Waals surface area contributed by atoms with Crippen LogP contribution in [-0.4, -0.2) is 20.7 Å². The molecule has 0 aliphatic rings. The van der Waals surface area contributed by atoms with Gasteiger partial charge in [0.25, 0.3) is 5.91 Å². The number of aromatic nitrogens is 3. The Bertz CT molecular complexity index is 786. The first-order chi connectivity index (χ1) is 9.65. The van der Waals surface area contributed by atoms with Crippen molar-refractivity contribution in [1.82, 2.24) is 14.8 Å². The van der Waals surface area contributed by atoms with Crippen molar-refractivity contribution in [2.45, 2.75) is 6.92 Å². The maximum atomic E-state index is 12.4. The number of nitrogens with one attached hydrogen (secondary N) is 1. The van der Waals surface area contributed by atoms with Crippen molar-refractivity contribution in [1.29, 1.82) is 0 Å². The van der Waals surface area contributed by atoms with Gasteiger partial charge in [0.15, 0.2) is 0 Å². The third-order valence-electron chi connectivity index (χ3n) is 3.17. The molecule has 0 saturated carbocycles. The third kappa shape index (κ3) is 2.14. The summed E-state index contributed by atoms with van der Waals surface area (Å²) in [6.07, 6.45) is 3.44. The molecule has 1 amide bonds. The van der Waals surface area contributed by atoms with Crippen LogP contribution < -0.4 is 5.32 Å². The van der Waals surface area contributed by atoms with Gasteiger partial charge in [0, 0.05) is 36.5 Å². The predicted molar refractivity (Wildman–Crippen MR) is 77.6 cm³/mol. The number of fused-ring (bicyclic) bond motifs is 1. The van der Waals surface area contributed by atoms with Gasteiger partial charge in [-0.2, -0.15) is 5.10 Å². The van der Waals surface area contributed by atoms with Crippen LogP contribution in [0.15, 0.2) is 42.7 Å². The molecule has 0 aliphatic carbocycles. The third-order valence-corrected chi connectivity index (χ3v) is 3.17. The van der Waals surface area contributed by atoms with Crippen LogP contribution in [0.5, 0.6) is 0 Å². The summed E-state index contributed by atoms with van der Waals surface area (Å²) in [7, 11) is 1.80. The molecule has 1 aromatic carbocycles. The molecule has 5 heteroatoms. The number of hydrogen-bond acceptors (Lipinski definition) is 3. The van der Waals surface area contributed by atoms with Crippen molar-refractivity contribution in [3.63, 3.8) is 0 Å². The van der Waals surface area contributed by atoms with E-state index in [1.807, 2.05) is 31.2 Å². The molecule has 0 aliphatic heterocycles. The number of pyridine rings is 1. The summed E-state index contributed by atoms with van der Waals surface area (Å²) in [6, 6.07) is 9.28. The zero-order chi connectivity index (χ0) is 14.1. The molecule has 0 unspecified atom stereocenters. The highest BCUT2D eigenvalue weighted by Gasteiger charge is 2.12. The fourth-order valence-electron chi connectivity index (χ4n) is 2.23. The highest BCUT2D eigenvalue weighted by Crippen LogP contribution is 2.19. The fourth-order valence-corrected chi connectivity index (χ4v) is 2.23. The first kappa shape index (κ1) is 12.3. The van der Waals surface area contributed by atoms with Crippen molar-refractivity contribution in [2.75, 3.05) is 5.32 Å². The lowest BCUT2D eigenvalue weighted by Crippen LogP contribution is -2.14. The van der Waals surface area contributed by atoms with Crippen LogP contribution in [0.25, 0.3) is 10.8 Å². The Balaban J connectivity index is 1.99. The Labute approximate surface area is 116 Å². The monoisotopic (exact) mass is 266 g/mol. The summed E-state index contributed by atoms with van der Waals surface area (Å²) in [5.41, 5.74) is 1.49. The predicted octanol–water partition coefficient (Wildman–Crippen LogP) is 2.53. The summed E-state index contributed by atoms with van der Waals surface area (Å²) in [5, 5.41) is 8.93. The molecule has 1 N–H and O–H groups in total. The molecule has 2 heterocycles. The minimum atomic E-state index is -0.148. The van der Waals surface area contributed by atoms with Crippen LogP contribution >= 0.6 is 0 Å². The maximum absolute atomic E-state index is 12.4. The molecule has 3 rings (SSSR count). The second-order valence-electron chi connectivity index (χ2n) is 4.65. The van der Waals surface area contributed by atoms with E-state index in [2.05, 4.69) is 15.4 Å². The average molecular weight is 266 g/mol. The molecule has 0 atom stereocenters. The average Bonchev–Trinajstić information content (AvgIpc) is 2.76. The van der Waals surface area contributed by atoms with Crippen molar-refractivity contribution < 1.29 is 4.79 Å². The lowest BCUT2D eigenvalue weighted by atomic mass is 10.1. The fraction of sp³-hybridized carbons (Fsp3) is 0.133. The van der Waals surface area contributed by atoms with E-state index in [4.69, 9.17) is 0 Å². The van der Waals surface area contributed by atoms with E-state index >= 15 is 0 Å². The molecule has 0 saturated heterocycles. The van der Waals surface area contributed by atoms with E-state index < -0.39 is 0 Å². The first-order valence-electron chi connectivity index (χ1n) is 6.30. The molecule has 0 fully saturated rings. The number of amides is 1. The summed E-state index contributed by atoms with van der Waals surface area (Å²) < 4.78 is 1.65. The molecule has 5 nitrogen and oxygen atoms in total. The van der Waals surface area contributed by atoms with E-state index in [0.29, 0.717) is 11.4 Å². The molecule has 20 heavy (non-hydrogen) atoms. The van der Waals surface area contributed by atoms with Gasteiger partial charge in [0.2, 0.25) is 0 Å². The van der Waals surface area contributed by atoms with Crippen LogP contribution in [0.2, 0.25) is 0 Å². The topological polar surface area (TPSA) is 59.8 Å². The maximum Gasteiger partial charge on any atom is 0.257 e. The van der Waals surface area contributed by atoms with Crippen LogP contribution in [0.1, 0.15) is 16.1 Å². The van der Waals surface area contributed by atoms with Gasteiger partial charge >= 0.3 is 0 Å². The summed E-state index contributed by atoms with van der Waals surface area (Å²) >= 11 is 0. The van der Waals surface area contributed by atoms with E-state index in [-0.39, 0.29) is 5.91 Å². The van der Waals surface area contributed by atoms with Gasteiger partial charge in [0.05, 0.1) is 5.69 Å². The van der Waals surface area contributed by atoms with Crippen molar-refractivity contribution >= 4 is 22.5 Å². The smallest absolute Gasteiger partial charge is 0.257 e. The second-order valence-corrected chi connectivity index (χ2v) is 4.65. The molecular weight excluding hydrogens is 252 g/mol. The Hall–Kier alpha value is -2.69. The number of aryl methyl sites for hydroxylation is 2. The number of anilines is 1. The summed E-state index contributed by atoms with van der Waals surface area (Å²) in [5.74, 6) is 0.531. The van der Waals surface area contributed by atoms with Gasteiger partial charge in [-0.15, -0.1) is 0 Å². The zero-order valence-corrected chi connectivity index (χ0v) is 11.3. The Morgan fingerprint density at radius 1 is 1.30 bits per heavy atom. The molecular formula is C15H14N4O. The zero-order valence-electron chi connectivity index (χ0n) is 11.3. The minimum absolute atomic E-state index is 0.148. The van der Waals surface area contributed by atoms with Gasteiger partial charge in [-0.1, -0.05) is 12.1 Å². The summed E-state index contributed by atoms with van der Waals surface area (Å²) in [4.78, 5) is 16.5. The first-order valence-corrected chi connectivity index (χ1v) is 6.30.